The van der Waals surface area contributed by atoms with Crippen molar-refractivity contribution in [2.45, 2.75) is 10.9 Å². The Morgan fingerprint density at radius 2 is 2.11 bits per heavy atom. The highest BCUT2D eigenvalue weighted by molar-refractivity contribution is 7.98. The van der Waals surface area contributed by atoms with E-state index in [2.05, 4.69) is 9.97 Å². The van der Waals surface area contributed by atoms with Crippen molar-refractivity contribution in [3.8, 4) is 0 Å². The van der Waals surface area contributed by atoms with Crippen molar-refractivity contribution in [2.75, 3.05) is 11.5 Å². The number of aromatic amines is 1. The number of nitrogens with two attached hydrogens (primary N) is 2. The molecule has 0 atom stereocenters. The molecule has 0 saturated heterocycles. The molecule has 0 amide bonds. The molecule has 18 heavy (non-hydrogen) atoms. The summed E-state index contributed by atoms with van der Waals surface area (Å²) < 4.78 is 0. The van der Waals surface area contributed by atoms with Crippen molar-refractivity contribution >= 4 is 34.9 Å². The van der Waals surface area contributed by atoms with E-state index in [0.717, 1.165) is 5.56 Å². The standard InChI is InChI=1S/C11H11ClN4OS/c12-7-1-2-8(13)6(3-7)5-18-11-15-9(14)4-10(17)16-11/h1-4H,5,13H2,(H3,14,15,16,17). The molecule has 5 nitrogen and oxygen atoms in total. The van der Waals surface area contributed by atoms with E-state index in [9.17, 15) is 4.79 Å². The third-order valence-electron chi connectivity index (χ3n) is 2.21. The number of hydrogen-bond donors (Lipinski definition) is 3. The van der Waals surface area contributed by atoms with Gasteiger partial charge >= 0.3 is 0 Å². The molecule has 1 heterocycles. The number of hydrogen-bond acceptors (Lipinski definition) is 5. The molecule has 0 fully saturated rings. The number of nitrogens with one attached hydrogen (secondary N) is 1. The Bertz CT molecular complexity index is 629. The van der Waals surface area contributed by atoms with Crippen LogP contribution in [0.5, 0.6) is 0 Å². The summed E-state index contributed by atoms with van der Waals surface area (Å²) in [7, 11) is 0. The van der Waals surface area contributed by atoms with Crippen molar-refractivity contribution in [3.05, 3.63) is 45.2 Å². The van der Waals surface area contributed by atoms with Gasteiger partial charge in [-0.1, -0.05) is 23.4 Å². The quantitative estimate of drug-likeness (QED) is 0.454. The second kappa shape index (κ2) is 5.32. The van der Waals surface area contributed by atoms with Crippen LogP contribution in [0.2, 0.25) is 5.02 Å². The molecule has 1 aromatic carbocycles. The lowest BCUT2D eigenvalue weighted by Gasteiger charge is -2.05. The average molecular weight is 283 g/mol. The molecule has 2 rings (SSSR count). The second-order valence-corrected chi connectivity index (χ2v) is 5.01. The highest BCUT2D eigenvalue weighted by Gasteiger charge is 2.04. The molecule has 94 valence electrons. The topological polar surface area (TPSA) is 97.8 Å². The Hall–Kier alpha value is -1.66. The maximum Gasteiger partial charge on any atom is 0.253 e. The molecule has 0 spiro atoms. The van der Waals surface area contributed by atoms with Crippen LogP contribution in [0.15, 0.2) is 34.2 Å². The first-order chi connectivity index (χ1) is 8.54. The summed E-state index contributed by atoms with van der Waals surface area (Å²) in [5, 5.41) is 1.08. The number of H-pyrrole nitrogens is 1. The van der Waals surface area contributed by atoms with Crippen LogP contribution in [0.1, 0.15) is 5.56 Å². The SMILES string of the molecule is Nc1cc(=O)[nH]c(SCc2cc(Cl)ccc2N)n1. The van der Waals surface area contributed by atoms with Gasteiger partial charge in [-0.2, -0.15) is 0 Å². The average Bonchev–Trinajstić information content (AvgIpc) is 2.29. The molecule has 0 radical (unpaired) electrons. The van der Waals surface area contributed by atoms with Gasteiger partial charge in [-0.05, 0) is 23.8 Å². The zero-order valence-electron chi connectivity index (χ0n) is 9.31. The molecule has 0 bridgehead atoms. The van der Waals surface area contributed by atoms with Gasteiger partial charge in [0.25, 0.3) is 5.56 Å². The monoisotopic (exact) mass is 282 g/mol. The first kappa shape index (κ1) is 12.8. The maximum atomic E-state index is 11.2. The van der Waals surface area contributed by atoms with Gasteiger partial charge < -0.3 is 16.5 Å². The van der Waals surface area contributed by atoms with Crippen LogP contribution in [0.4, 0.5) is 11.5 Å². The minimum atomic E-state index is -0.274. The molecule has 0 unspecified atom stereocenters. The fourth-order valence-electron chi connectivity index (χ4n) is 1.37. The largest absolute Gasteiger partial charge is 0.398 e. The number of nitrogen functional groups attached to an aromatic ring is 2. The van der Waals surface area contributed by atoms with Crippen LogP contribution in [0.3, 0.4) is 0 Å². The minimum absolute atomic E-state index is 0.195. The Balaban J connectivity index is 2.16. The Kier molecular flexibility index (Phi) is 3.78. The number of aromatic nitrogens is 2. The number of halogens is 1. The summed E-state index contributed by atoms with van der Waals surface area (Å²) in [4.78, 5) is 17.8. The van der Waals surface area contributed by atoms with Gasteiger partial charge in [-0.15, -0.1) is 0 Å². The summed E-state index contributed by atoms with van der Waals surface area (Å²) >= 11 is 7.23. The first-order valence-electron chi connectivity index (χ1n) is 5.08. The van der Waals surface area contributed by atoms with Gasteiger partial charge in [-0.3, -0.25) is 4.79 Å². The summed E-state index contributed by atoms with van der Waals surface area (Å²) in [6, 6.07) is 6.49. The van der Waals surface area contributed by atoms with Crippen molar-refractivity contribution in [1.29, 1.82) is 0 Å². The van der Waals surface area contributed by atoms with Gasteiger partial charge in [0.15, 0.2) is 5.16 Å². The molecule has 0 aliphatic carbocycles. The number of nitrogens with zero attached hydrogens (tertiary/aromatic N) is 1. The fourth-order valence-corrected chi connectivity index (χ4v) is 2.45. The normalized spacial score (nSPS) is 10.5. The van der Waals surface area contributed by atoms with Crippen LogP contribution < -0.4 is 17.0 Å². The zero-order valence-corrected chi connectivity index (χ0v) is 10.9. The number of benzene rings is 1. The van der Waals surface area contributed by atoms with Crippen molar-refractivity contribution in [2.24, 2.45) is 0 Å². The molecule has 5 N–H and O–H groups in total. The summed E-state index contributed by atoms with van der Waals surface area (Å²) in [6.07, 6.45) is 0. The van der Waals surface area contributed by atoms with E-state index in [4.69, 9.17) is 23.1 Å². The Labute approximate surface area is 113 Å². The predicted octanol–water partition coefficient (Wildman–Crippen LogP) is 1.88. The fraction of sp³-hybridized carbons (Fsp3) is 0.0909. The van der Waals surface area contributed by atoms with Crippen LogP contribution in [-0.2, 0) is 5.75 Å². The Morgan fingerprint density at radius 3 is 2.83 bits per heavy atom. The first-order valence-corrected chi connectivity index (χ1v) is 6.44. The van der Waals surface area contributed by atoms with E-state index in [0.29, 0.717) is 21.6 Å². The third-order valence-corrected chi connectivity index (χ3v) is 3.37. The van der Waals surface area contributed by atoms with Gasteiger partial charge in [0, 0.05) is 22.5 Å². The van der Waals surface area contributed by atoms with Crippen LogP contribution in [0.25, 0.3) is 0 Å². The van der Waals surface area contributed by atoms with Crippen molar-refractivity contribution < 1.29 is 0 Å². The summed E-state index contributed by atoms with van der Waals surface area (Å²) in [5.41, 5.74) is 12.6. The predicted molar refractivity (Wildman–Crippen MR) is 74.7 cm³/mol. The maximum absolute atomic E-state index is 11.2. The lowest BCUT2D eigenvalue weighted by molar-refractivity contribution is 0.945. The molecule has 0 aliphatic heterocycles. The molecular formula is C11H11ClN4OS. The number of anilines is 2. The third kappa shape index (κ3) is 3.18. The lowest BCUT2D eigenvalue weighted by atomic mass is 10.2. The molecule has 1 aromatic heterocycles. The summed E-state index contributed by atoms with van der Waals surface area (Å²) in [6.45, 7) is 0. The lowest BCUT2D eigenvalue weighted by Crippen LogP contribution is -2.09. The van der Waals surface area contributed by atoms with Crippen LogP contribution in [0, 0.1) is 0 Å². The summed E-state index contributed by atoms with van der Waals surface area (Å²) in [5.74, 6) is 0.749. The molecule has 7 heteroatoms. The highest BCUT2D eigenvalue weighted by atomic mass is 35.5. The number of thioether (sulfide) groups is 1. The van der Waals surface area contributed by atoms with Crippen molar-refractivity contribution in [3.63, 3.8) is 0 Å². The smallest absolute Gasteiger partial charge is 0.253 e. The minimum Gasteiger partial charge on any atom is -0.398 e. The van der Waals surface area contributed by atoms with E-state index in [1.54, 1.807) is 18.2 Å². The van der Waals surface area contributed by atoms with E-state index in [-0.39, 0.29) is 11.4 Å². The molecule has 2 aromatic rings. The van der Waals surface area contributed by atoms with Gasteiger partial charge in [0.05, 0.1) is 0 Å². The van der Waals surface area contributed by atoms with Crippen molar-refractivity contribution in [1.82, 2.24) is 9.97 Å². The van der Waals surface area contributed by atoms with E-state index in [1.165, 1.54) is 17.8 Å². The zero-order chi connectivity index (χ0) is 13.1. The second-order valence-electron chi connectivity index (χ2n) is 3.61. The van der Waals surface area contributed by atoms with Gasteiger partial charge in [-0.25, -0.2) is 4.98 Å². The van der Waals surface area contributed by atoms with Gasteiger partial charge in [0.1, 0.15) is 5.82 Å². The number of rotatable bonds is 3. The van der Waals surface area contributed by atoms with Crippen LogP contribution in [-0.4, -0.2) is 9.97 Å². The van der Waals surface area contributed by atoms with Crippen LogP contribution >= 0.6 is 23.4 Å². The van der Waals surface area contributed by atoms with E-state index in [1.807, 2.05) is 0 Å². The van der Waals surface area contributed by atoms with Gasteiger partial charge in [0.2, 0.25) is 0 Å². The van der Waals surface area contributed by atoms with E-state index < -0.39 is 0 Å². The Morgan fingerprint density at radius 1 is 1.33 bits per heavy atom. The molecule has 0 aliphatic rings. The highest BCUT2D eigenvalue weighted by Crippen LogP contribution is 2.25. The van der Waals surface area contributed by atoms with E-state index >= 15 is 0 Å². The molecule has 0 saturated carbocycles. The molecular weight excluding hydrogens is 272 g/mol.